The molecular formula is C39H35N12Na7O9S3. The second-order valence-corrected chi connectivity index (χ2v) is 17.6. The van der Waals surface area contributed by atoms with Crippen molar-refractivity contribution in [2.24, 2.45) is 0 Å². The molecule has 0 amide bonds. The fourth-order valence-corrected chi connectivity index (χ4v) is 7.20. The summed E-state index contributed by atoms with van der Waals surface area (Å²) in [6.07, 6.45) is 2.94. The maximum absolute atomic E-state index is 12.5. The van der Waals surface area contributed by atoms with Gasteiger partial charge in [-0.05, 0) is 48.0 Å². The quantitative estimate of drug-likeness (QED) is 0.0269. The van der Waals surface area contributed by atoms with Crippen LogP contribution in [0.15, 0.2) is 82.6 Å². The van der Waals surface area contributed by atoms with Crippen LogP contribution < -0.4 is 238 Å². The van der Waals surface area contributed by atoms with Crippen LogP contribution in [-0.4, -0.2) is 102 Å². The zero-order chi connectivity index (χ0) is 45.5. The van der Waals surface area contributed by atoms with Crippen LogP contribution in [0.2, 0.25) is 0 Å². The molecule has 0 atom stereocenters. The molecule has 0 unspecified atom stereocenters. The monoisotopic (exact) mass is 1070 g/mol. The summed E-state index contributed by atoms with van der Waals surface area (Å²) in [6, 6.07) is 26.7. The molecule has 0 fully saturated rings. The van der Waals surface area contributed by atoms with Crippen molar-refractivity contribution in [3.63, 3.8) is 0 Å². The molecule has 6 aromatic rings. The first kappa shape index (κ1) is 72.2. The van der Waals surface area contributed by atoms with E-state index in [0.29, 0.717) is 29.0 Å². The van der Waals surface area contributed by atoms with E-state index in [-0.39, 0.29) is 266 Å². The molecule has 0 saturated carbocycles. The molecule has 2 aromatic heterocycles. The van der Waals surface area contributed by atoms with Crippen LogP contribution >= 0.6 is 0 Å². The van der Waals surface area contributed by atoms with Crippen molar-refractivity contribution in [1.29, 1.82) is 0 Å². The van der Waals surface area contributed by atoms with Crippen LogP contribution in [0.3, 0.4) is 0 Å². The number of rotatable bonds is 18. The smallest absolute Gasteiger partial charge is 0.748 e. The van der Waals surface area contributed by atoms with Gasteiger partial charge in [-0.2, -0.15) is 41.2 Å². The molecule has 0 aliphatic rings. The number of aryl methyl sites for hydroxylation is 1. The van der Waals surface area contributed by atoms with Gasteiger partial charge in [-0.3, -0.25) is 24.3 Å². The molecule has 0 spiro atoms. The molecule has 6 rings (SSSR count). The van der Waals surface area contributed by atoms with Gasteiger partial charge >= 0.3 is 207 Å². The Hall–Kier alpha value is 0.170. The van der Waals surface area contributed by atoms with Gasteiger partial charge in [0.15, 0.2) is 0 Å². The summed E-state index contributed by atoms with van der Waals surface area (Å²) < 4.78 is 107. The maximum atomic E-state index is 12.5. The van der Waals surface area contributed by atoms with E-state index in [4.69, 9.17) is 0 Å². The summed E-state index contributed by atoms with van der Waals surface area (Å²) in [4.78, 5) is 27.8. The van der Waals surface area contributed by atoms with Crippen LogP contribution in [0.5, 0.6) is 0 Å². The number of nitrogens with one attached hydrogen (secondary N) is 4. The van der Waals surface area contributed by atoms with E-state index in [1.165, 1.54) is 54.4 Å². The van der Waals surface area contributed by atoms with E-state index in [9.17, 15) is 38.9 Å². The maximum Gasteiger partial charge on any atom is 1.00 e. The zero-order valence-corrected chi connectivity index (χ0v) is 56.8. The largest absolute Gasteiger partial charge is 1.00 e. The molecule has 31 heteroatoms. The Morgan fingerprint density at radius 1 is 0.614 bits per heavy atom. The number of anilines is 10. The third-order valence-electron chi connectivity index (χ3n) is 8.56. The summed E-state index contributed by atoms with van der Waals surface area (Å²) in [5.41, 5.74) is 2.12. The average molecular weight is 1070 g/mol. The molecule has 2 heterocycles. The zero-order valence-electron chi connectivity index (χ0n) is 40.4. The van der Waals surface area contributed by atoms with Gasteiger partial charge in [-0.1, -0.05) is 18.2 Å². The first-order valence-electron chi connectivity index (χ1n) is 18.2. The number of nitrogens with zero attached hydrogens (tertiary/aromatic N) is 8. The standard InChI is InChI=1S/C39H38N12O9S3.7Na/c1-5-50(3)38-46-34(40-28-9-7-6-8-10-28)44-36(47-38)42-30-19-16-27(33(24-30)63(58,59)60)15-12-26-13-17-29(18-14-26)41-35-45-37(49-39(48-35)51(4)21-22-61(52,53)54)43-31-23-25(2)11-20-32(31)62(55,56)57;;;;;;;/h6-7,10-13,15-20,23-24H,1,5,21-22H2,2-4H3,(H,52,53,54)(H,55,56,57)(H,58,59,60)(H2,40,42,44,46,47)(H2,41,43,45,48,49);;;;;;;/q-4;7*+1/p-3/b15-12+;;;;;;;. The Bertz CT molecular complexity index is 3010. The molecular weight excluding hydrogens is 1040 g/mol. The minimum atomic E-state index is -4.99. The SMILES string of the molecule is [CH2-]CN(C)c1nc(Nc2[c-]cc[c-]c2)nc(Nc2ccc(/C=C/c3[c-]cc(Nc4nc(Nc5cc(C)ccc5S(=O)(=O)[O-])nc(N(C)CCS(=O)(=O)[O-])n4)cc3)c(S(=O)(=O)[O-])c2)n1.[Na+].[Na+].[Na+].[Na+].[Na+].[Na+].[Na+]. The van der Waals surface area contributed by atoms with Crippen LogP contribution in [0.1, 0.15) is 16.7 Å². The Labute approximate surface area is 562 Å². The Morgan fingerprint density at radius 2 is 1.17 bits per heavy atom. The third-order valence-corrected chi connectivity index (χ3v) is 11.0. The Kier molecular flexibility index (Phi) is 33.7. The summed E-state index contributed by atoms with van der Waals surface area (Å²) >= 11 is 0. The van der Waals surface area contributed by atoms with Crippen molar-refractivity contribution in [3.05, 3.63) is 115 Å². The van der Waals surface area contributed by atoms with Crippen molar-refractivity contribution in [3.8, 4) is 0 Å². The third kappa shape index (κ3) is 22.4. The van der Waals surface area contributed by atoms with E-state index in [2.05, 4.69) is 76.3 Å². The van der Waals surface area contributed by atoms with E-state index in [1.807, 2.05) is 0 Å². The van der Waals surface area contributed by atoms with Gasteiger partial charge in [0.25, 0.3) is 0 Å². The van der Waals surface area contributed by atoms with Gasteiger partial charge < -0.3 is 57.7 Å². The van der Waals surface area contributed by atoms with E-state index < -0.39 is 45.9 Å². The molecule has 4 aromatic carbocycles. The first-order chi connectivity index (χ1) is 29.7. The minimum absolute atomic E-state index is 0. The van der Waals surface area contributed by atoms with E-state index in [1.54, 1.807) is 49.2 Å². The summed E-state index contributed by atoms with van der Waals surface area (Å²) in [6.45, 7) is 5.54. The first-order valence-corrected chi connectivity index (χ1v) is 22.6. The Balaban J connectivity index is 0. The van der Waals surface area contributed by atoms with Crippen molar-refractivity contribution in [2.45, 2.75) is 16.7 Å². The fraction of sp³-hybridized carbons (Fsp3) is 0.154. The summed E-state index contributed by atoms with van der Waals surface area (Å²) in [5, 5.41) is 11.6. The fourth-order valence-electron chi connectivity index (χ4n) is 5.39. The normalized spacial score (nSPS) is 10.7. The van der Waals surface area contributed by atoms with Crippen molar-refractivity contribution >= 4 is 101 Å². The number of hydrogen-bond donors (Lipinski definition) is 4. The summed E-state index contributed by atoms with van der Waals surface area (Å²) in [7, 11) is -11.4. The van der Waals surface area contributed by atoms with Crippen LogP contribution in [0.4, 0.5) is 58.4 Å². The second kappa shape index (κ2) is 32.7. The Morgan fingerprint density at radius 3 is 1.70 bits per heavy atom. The second-order valence-electron chi connectivity index (χ2n) is 13.4. The van der Waals surface area contributed by atoms with Crippen LogP contribution in [0.25, 0.3) is 12.2 Å². The average Bonchev–Trinajstić information content (AvgIpc) is 3.21. The molecule has 0 radical (unpaired) electrons. The topological polar surface area (TPSA) is 304 Å². The van der Waals surface area contributed by atoms with Crippen LogP contribution in [0, 0.1) is 32.0 Å². The van der Waals surface area contributed by atoms with Crippen LogP contribution in [-0.2, 0) is 30.4 Å². The van der Waals surface area contributed by atoms with E-state index >= 15 is 0 Å². The van der Waals surface area contributed by atoms with Crippen molar-refractivity contribution < 1.29 is 246 Å². The van der Waals surface area contributed by atoms with Crippen molar-refractivity contribution in [2.75, 3.05) is 64.0 Å². The molecule has 330 valence electrons. The molecule has 0 saturated heterocycles. The predicted octanol–water partition coefficient (Wildman–Crippen LogP) is -17.0. The molecule has 0 aliphatic carbocycles. The molecule has 21 nitrogen and oxygen atoms in total. The molecule has 70 heavy (non-hydrogen) atoms. The van der Waals surface area contributed by atoms with Gasteiger partial charge in [0.05, 0.1) is 31.3 Å². The molecule has 0 bridgehead atoms. The number of benzene rings is 4. The van der Waals surface area contributed by atoms with Gasteiger partial charge in [0, 0.05) is 26.3 Å². The minimum Gasteiger partial charge on any atom is -0.748 e. The predicted molar refractivity (Wildman–Crippen MR) is 231 cm³/mol. The van der Waals surface area contributed by atoms with Gasteiger partial charge in [0.1, 0.15) is 20.2 Å². The van der Waals surface area contributed by atoms with Crippen molar-refractivity contribution in [1.82, 2.24) is 29.9 Å². The van der Waals surface area contributed by atoms with E-state index in [0.717, 1.165) is 12.1 Å². The van der Waals surface area contributed by atoms with Gasteiger partial charge in [0.2, 0.25) is 35.7 Å². The summed E-state index contributed by atoms with van der Waals surface area (Å²) in [5.74, 6) is -0.780. The molecule has 4 N–H and O–H groups in total. The number of aromatic nitrogens is 6. The van der Waals surface area contributed by atoms with Gasteiger partial charge in [-0.15, -0.1) is 36.9 Å². The molecule has 0 aliphatic heterocycles. The number of hydrogen-bond acceptors (Lipinski definition) is 21. The van der Waals surface area contributed by atoms with Gasteiger partial charge in [-0.25, -0.2) is 25.3 Å².